The Kier molecular flexibility index (Phi) is 3.09. The molecule has 0 amide bonds. The fourth-order valence-corrected chi connectivity index (χ4v) is 3.24. The minimum Gasteiger partial charge on any atom is -0.0827 e. The van der Waals surface area contributed by atoms with E-state index in [2.05, 4.69) is 37.3 Å². The number of benzene rings is 2. The van der Waals surface area contributed by atoms with Crippen LogP contribution in [0.2, 0.25) is 10.0 Å². The molecule has 18 heavy (non-hydrogen) atoms. The second-order valence-corrected chi connectivity index (χ2v) is 5.81. The van der Waals surface area contributed by atoms with Crippen molar-refractivity contribution in [3.8, 4) is 0 Å². The lowest BCUT2D eigenvalue weighted by Gasteiger charge is -2.13. The molecule has 2 aromatic carbocycles. The maximum atomic E-state index is 6.12. The molecule has 3 rings (SSSR count). The van der Waals surface area contributed by atoms with Gasteiger partial charge in [-0.3, -0.25) is 0 Å². The SMILES string of the molecule is C[C@H]1C[C@H](c2ccc(Cl)c(Cl)c2)c2ccccc21. The molecular weight excluding hydrogens is 263 g/mol. The molecule has 0 saturated heterocycles. The molecule has 92 valence electrons. The molecule has 0 radical (unpaired) electrons. The van der Waals surface area contributed by atoms with Gasteiger partial charge in [0, 0.05) is 5.92 Å². The van der Waals surface area contributed by atoms with Gasteiger partial charge in [-0.25, -0.2) is 0 Å². The van der Waals surface area contributed by atoms with Gasteiger partial charge in [-0.05, 0) is 41.2 Å². The summed E-state index contributed by atoms with van der Waals surface area (Å²) >= 11 is 12.1. The largest absolute Gasteiger partial charge is 0.0827 e. The Labute approximate surface area is 118 Å². The molecule has 0 nitrogen and oxygen atoms in total. The van der Waals surface area contributed by atoms with Gasteiger partial charge in [0.2, 0.25) is 0 Å². The van der Waals surface area contributed by atoms with E-state index < -0.39 is 0 Å². The summed E-state index contributed by atoms with van der Waals surface area (Å²) < 4.78 is 0. The number of hydrogen-bond donors (Lipinski definition) is 0. The van der Waals surface area contributed by atoms with Gasteiger partial charge >= 0.3 is 0 Å². The van der Waals surface area contributed by atoms with Crippen molar-refractivity contribution in [3.63, 3.8) is 0 Å². The van der Waals surface area contributed by atoms with Crippen molar-refractivity contribution < 1.29 is 0 Å². The quantitative estimate of drug-likeness (QED) is 0.633. The maximum Gasteiger partial charge on any atom is 0.0595 e. The molecule has 1 aliphatic carbocycles. The summed E-state index contributed by atoms with van der Waals surface area (Å²) in [5.74, 6) is 1.06. The van der Waals surface area contributed by atoms with E-state index >= 15 is 0 Å². The third-order valence-electron chi connectivity index (χ3n) is 3.84. The van der Waals surface area contributed by atoms with Crippen molar-refractivity contribution in [2.45, 2.75) is 25.2 Å². The van der Waals surface area contributed by atoms with E-state index in [0.717, 1.165) is 6.42 Å². The molecule has 0 aliphatic heterocycles. The first-order valence-corrected chi connectivity index (χ1v) is 6.96. The highest BCUT2D eigenvalue weighted by Crippen LogP contribution is 2.45. The normalized spacial score (nSPS) is 21.9. The van der Waals surface area contributed by atoms with Crippen molar-refractivity contribution in [1.82, 2.24) is 0 Å². The van der Waals surface area contributed by atoms with E-state index in [1.54, 1.807) is 0 Å². The molecule has 0 aromatic heterocycles. The third-order valence-corrected chi connectivity index (χ3v) is 4.58. The van der Waals surface area contributed by atoms with Gasteiger partial charge in [-0.1, -0.05) is 60.5 Å². The lowest BCUT2D eigenvalue weighted by Crippen LogP contribution is -1.96. The summed E-state index contributed by atoms with van der Waals surface area (Å²) in [7, 11) is 0. The van der Waals surface area contributed by atoms with Gasteiger partial charge in [-0.15, -0.1) is 0 Å². The molecule has 2 aromatic rings. The zero-order valence-electron chi connectivity index (χ0n) is 10.2. The standard InChI is InChI=1S/C16H14Cl2/c1-10-8-14(13-5-3-2-4-12(10)13)11-6-7-15(17)16(18)9-11/h2-7,9-10,14H,8H2,1H3/t10-,14+/m0/s1. The van der Waals surface area contributed by atoms with E-state index in [-0.39, 0.29) is 0 Å². The molecule has 0 heterocycles. The second-order valence-electron chi connectivity index (χ2n) is 4.99. The molecule has 0 spiro atoms. The van der Waals surface area contributed by atoms with Crippen LogP contribution >= 0.6 is 23.2 Å². The highest BCUT2D eigenvalue weighted by atomic mass is 35.5. The highest BCUT2D eigenvalue weighted by molar-refractivity contribution is 6.42. The van der Waals surface area contributed by atoms with Crippen molar-refractivity contribution in [1.29, 1.82) is 0 Å². The molecule has 0 fully saturated rings. The molecule has 0 saturated carbocycles. The Hall–Kier alpha value is -0.980. The van der Waals surface area contributed by atoms with Crippen molar-refractivity contribution in [3.05, 3.63) is 69.2 Å². The Morgan fingerprint density at radius 2 is 1.67 bits per heavy atom. The van der Waals surface area contributed by atoms with E-state index in [1.807, 2.05) is 12.1 Å². The van der Waals surface area contributed by atoms with Crippen LogP contribution < -0.4 is 0 Å². The fraction of sp³-hybridized carbons (Fsp3) is 0.250. The van der Waals surface area contributed by atoms with Crippen molar-refractivity contribution in [2.24, 2.45) is 0 Å². The van der Waals surface area contributed by atoms with E-state index in [9.17, 15) is 0 Å². The van der Waals surface area contributed by atoms with Crippen LogP contribution in [0.5, 0.6) is 0 Å². The van der Waals surface area contributed by atoms with Crippen LogP contribution in [0.3, 0.4) is 0 Å². The molecule has 2 heteroatoms. The van der Waals surface area contributed by atoms with Crippen LogP contribution in [0.25, 0.3) is 0 Å². The smallest absolute Gasteiger partial charge is 0.0595 e. The van der Waals surface area contributed by atoms with Crippen LogP contribution in [-0.2, 0) is 0 Å². The van der Waals surface area contributed by atoms with Gasteiger partial charge in [0.25, 0.3) is 0 Å². The summed E-state index contributed by atoms with van der Waals surface area (Å²) in [6.45, 7) is 2.29. The Morgan fingerprint density at radius 3 is 2.39 bits per heavy atom. The predicted molar refractivity (Wildman–Crippen MR) is 77.8 cm³/mol. The third kappa shape index (κ3) is 1.94. The summed E-state index contributed by atoms with van der Waals surface area (Å²) in [5, 5.41) is 1.27. The first-order chi connectivity index (χ1) is 8.66. The van der Waals surface area contributed by atoms with E-state index in [4.69, 9.17) is 23.2 Å². The molecule has 2 atom stereocenters. The van der Waals surface area contributed by atoms with Crippen LogP contribution in [-0.4, -0.2) is 0 Å². The lowest BCUT2D eigenvalue weighted by molar-refractivity contribution is 0.686. The predicted octanol–water partition coefficient (Wildman–Crippen LogP) is 5.63. The van der Waals surface area contributed by atoms with Gasteiger partial charge < -0.3 is 0 Å². The minimum atomic E-state index is 0.450. The Bertz CT molecular complexity index is 589. The number of hydrogen-bond acceptors (Lipinski definition) is 0. The summed E-state index contributed by atoms with van der Waals surface area (Å²) in [6.07, 6.45) is 1.15. The second kappa shape index (κ2) is 4.60. The number of halogens is 2. The first-order valence-electron chi connectivity index (χ1n) is 6.20. The van der Waals surface area contributed by atoms with Crippen molar-refractivity contribution >= 4 is 23.2 Å². The molecule has 1 aliphatic rings. The van der Waals surface area contributed by atoms with Crippen molar-refractivity contribution in [2.75, 3.05) is 0 Å². The Balaban J connectivity index is 2.06. The van der Waals surface area contributed by atoms with E-state index in [0.29, 0.717) is 21.9 Å². The number of fused-ring (bicyclic) bond motifs is 1. The zero-order valence-corrected chi connectivity index (χ0v) is 11.7. The summed E-state index contributed by atoms with van der Waals surface area (Å²) in [6, 6.07) is 14.7. The minimum absolute atomic E-state index is 0.450. The van der Waals surface area contributed by atoms with Crippen LogP contribution in [0, 0.1) is 0 Å². The lowest BCUT2D eigenvalue weighted by atomic mass is 9.93. The zero-order chi connectivity index (χ0) is 12.7. The average molecular weight is 277 g/mol. The van der Waals surface area contributed by atoms with Crippen LogP contribution in [0.15, 0.2) is 42.5 Å². The van der Waals surface area contributed by atoms with Crippen LogP contribution in [0.4, 0.5) is 0 Å². The van der Waals surface area contributed by atoms with Gasteiger partial charge in [0.05, 0.1) is 10.0 Å². The van der Waals surface area contributed by atoms with Gasteiger partial charge in [-0.2, -0.15) is 0 Å². The first kappa shape index (κ1) is 12.1. The highest BCUT2D eigenvalue weighted by Gasteiger charge is 2.28. The molecule has 0 unspecified atom stereocenters. The summed E-state index contributed by atoms with van der Waals surface area (Å²) in [4.78, 5) is 0. The topological polar surface area (TPSA) is 0 Å². The van der Waals surface area contributed by atoms with Crippen LogP contribution in [0.1, 0.15) is 41.9 Å². The monoisotopic (exact) mass is 276 g/mol. The van der Waals surface area contributed by atoms with Gasteiger partial charge in [0.1, 0.15) is 0 Å². The Morgan fingerprint density at radius 1 is 0.944 bits per heavy atom. The molecule has 0 bridgehead atoms. The van der Waals surface area contributed by atoms with Gasteiger partial charge in [0.15, 0.2) is 0 Å². The average Bonchev–Trinajstić information content (AvgIpc) is 2.71. The molecular formula is C16H14Cl2. The van der Waals surface area contributed by atoms with E-state index in [1.165, 1.54) is 16.7 Å². The summed E-state index contributed by atoms with van der Waals surface area (Å²) in [5.41, 5.74) is 4.16. The number of rotatable bonds is 1. The fourth-order valence-electron chi connectivity index (χ4n) is 2.93. The molecule has 0 N–H and O–H groups in total. The maximum absolute atomic E-state index is 6.12.